The third-order valence-corrected chi connectivity index (χ3v) is 5.65. The van der Waals surface area contributed by atoms with Crippen molar-refractivity contribution in [3.8, 4) is 17.2 Å². The van der Waals surface area contributed by atoms with Gasteiger partial charge in [0.2, 0.25) is 12.7 Å². The van der Waals surface area contributed by atoms with E-state index in [1.54, 1.807) is 0 Å². The number of likely N-dealkylation sites (N-methyl/N-ethyl adjacent to an activating group) is 1. The molecule has 8 heteroatoms. The van der Waals surface area contributed by atoms with Crippen molar-refractivity contribution in [3.63, 3.8) is 0 Å². The highest BCUT2D eigenvalue weighted by Crippen LogP contribution is 2.35. The molecule has 0 aromatic heterocycles. The van der Waals surface area contributed by atoms with Gasteiger partial charge < -0.3 is 24.0 Å². The molecule has 1 aromatic rings. The van der Waals surface area contributed by atoms with Crippen molar-refractivity contribution in [2.45, 2.75) is 37.8 Å². The first-order valence-electron chi connectivity index (χ1n) is 10.2. The molecule has 3 heterocycles. The second-order valence-electron chi connectivity index (χ2n) is 7.76. The van der Waals surface area contributed by atoms with Gasteiger partial charge in [0.15, 0.2) is 11.5 Å². The molecule has 2 unspecified atom stereocenters. The predicted molar refractivity (Wildman–Crippen MR) is 104 cm³/mol. The highest BCUT2D eigenvalue weighted by Gasteiger charge is 2.31. The van der Waals surface area contributed by atoms with Crippen LogP contribution in [0.15, 0.2) is 18.2 Å². The molecule has 154 valence electrons. The first-order chi connectivity index (χ1) is 13.7. The number of fused-ring (bicyclic) bond motifs is 1. The molecule has 2 atom stereocenters. The lowest BCUT2D eigenvalue weighted by atomic mass is 10.1. The van der Waals surface area contributed by atoms with Crippen molar-refractivity contribution in [1.29, 1.82) is 0 Å². The van der Waals surface area contributed by atoms with Gasteiger partial charge in [-0.05, 0) is 44.5 Å². The normalized spacial score (nSPS) is 24.3. The summed E-state index contributed by atoms with van der Waals surface area (Å²) in [6, 6.07) is 5.42. The number of nitrogens with one attached hydrogen (secondary N) is 2. The number of rotatable bonds is 7. The summed E-state index contributed by atoms with van der Waals surface area (Å²) in [5, 5.41) is 0. The lowest BCUT2D eigenvalue weighted by Crippen LogP contribution is -2.46. The number of hydrogen-bond donors (Lipinski definition) is 2. The second kappa shape index (κ2) is 8.98. The SMILES string of the molecule is CN(CCN1CCCCC1)C(=O)C1CC(COc2ccc3c(c2)OCO3)NN1. The first-order valence-corrected chi connectivity index (χ1v) is 10.2. The maximum atomic E-state index is 12.7. The van der Waals surface area contributed by atoms with Gasteiger partial charge in [-0.15, -0.1) is 0 Å². The van der Waals surface area contributed by atoms with Crippen molar-refractivity contribution >= 4 is 5.91 Å². The minimum atomic E-state index is -0.211. The third kappa shape index (κ3) is 4.68. The molecule has 4 rings (SSSR count). The number of ether oxygens (including phenoxy) is 3. The Kier molecular flexibility index (Phi) is 6.19. The maximum Gasteiger partial charge on any atom is 0.240 e. The topological polar surface area (TPSA) is 75.3 Å². The summed E-state index contributed by atoms with van der Waals surface area (Å²) in [4.78, 5) is 17.0. The first kappa shape index (κ1) is 19.3. The van der Waals surface area contributed by atoms with E-state index in [0.717, 1.165) is 37.7 Å². The molecule has 28 heavy (non-hydrogen) atoms. The molecule has 0 aliphatic carbocycles. The van der Waals surface area contributed by atoms with Crippen molar-refractivity contribution in [2.24, 2.45) is 0 Å². The highest BCUT2D eigenvalue weighted by atomic mass is 16.7. The zero-order chi connectivity index (χ0) is 19.3. The van der Waals surface area contributed by atoms with Crippen LogP contribution in [0.25, 0.3) is 0 Å². The fraction of sp³-hybridized carbons (Fsp3) is 0.650. The zero-order valence-electron chi connectivity index (χ0n) is 16.5. The summed E-state index contributed by atoms with van der Waals surface area (Å²) < 4.78 is 16.5. The van der Waals surface area contributed by atoms with Gasteiger partial charge >= 0.3 is 0 Å². The van der Waals surface area contributed by atoms with Crippen molar-refractivity contribution < 1.29 is 19.0 Å². The molecule has 0 radical (unpaired) electrons. The number of amides is 1. The van der Waals surface area contributed by atoms with E-state index in [1.165, 1.54) is 19.3 Å². The minimum Gasteiger partial charge on any atom is -0.492 e. The van der Waals surface area contributed by atoms with E-state index >= 15 is 0 Å². The van der Waals surface area contributed by atoms with E-state index in [1.807, 2.05) is 30.1 Å². The average Bonchev–Trinajstić information content (AvgIpc) is 3.39. The largest absolute Gasteiger partial charge is 0.492 e. The number of hydrazine groups is 1. The molecule has 1 amide bonds. The molecule has 3 aliphatic heterocycles. The maximum absolute atomic E-state index is 12.7. The molecule has 8 nitrogen and oxygen atoms in total. The van der Waals surface area contributed by atoms with Gasteiger partial charge in [0.1, 0.15) is 18.4 Å². The third-order valence-electron chi connectivity index (χ3n) is 5.65. The lowest BCUT2D eigenvalue weighted by molar-refractivity contribution is -0.132. The van der Waals surface area contributed by atoms with Gasteiger partial charge in [-0.3, -0.25) is 10.2 Å². The second-order valence-corrected chi connectivity index (χ2v) is 7.76. The van der Waals surface area contributed by atoms with Gasteiger partial charge in [-0.2, -0.15) is 0 Å². The Labute approximate surface area is 166 Å². The fourth-order valence-corrected chi connectivity index (χ4v) is 3.91. The molecular weight excluding hydrogens is 360 g/mol. The van der Waals surface area contributed by atoms with Crippen LogP contribution in [-0.2, 0) is 4.79 Å². The molecule has 0 saturated carbocycles. The van der Waals surface area contributed by atoms with E-state index in [-0.39, 0.29) is 24.8 Å². The average molecular weight is 390 g/mol. The summed E-state index contributed by atoms with van der Waals surface area (Å²) >= 11 is 0. The Bertz CT molecular complexity index is 680. The van der Waals surface area contributed by atoms with E-state index < -0.39 is 0 Å². The van der Waals surface area contributed by atoms with Crippen LogP contribution in [0.3, 0.4) is 0 Å². The molecule has 3 aliphatic rings. The summed E-state index contributed by atoms with van der Waals surface area (Å²) in [5.41, 5.74) is 6.31. The van der Waals surface area contributed by atoms with Gasteiger partial charge in [0.05, 0.1) is 6.04 Å². The van der Waals surface area contributed by atoms with Gasteiger partial charge in [-0.1, -0.05) is 6.42 Å². The molecule has 2 N–H and O–H groups in total. The van der Waals surface area contributed by atoms with Crippen LogP contribution in [0.4, 0.5) is 0 Å². The van der Waals surface area contributed by atoms with E-state index in [4.69, 9.17) is 14.2 Å². The lowest BCUT2D eigenvalue weighted by Gasteiger charge is -2.29. The smallest absolute Gasteiger partial charge is 0.240 e. The number of carbonyl (C=O) groups is 1. The summed E-state index contributed by atoms with van der Waals surface area (Å²) in [6.45, 7) is 4.78. The number of nitrogens with zero attached hydrogens (tertiary/aromatic N) is 2. The van der Waals surface area contributed by atoms with Crippen LogP contribution >= 0.6 is 0 Å². The number of benzene rings is 1. The molecule has 2 saturated heterocycles. The highest BCUT2D eigenvalue weighted by molar-refractivity contribution is 5.82. The fourth-order valence-electron chi connectivity index (χ4n) is 3.91. The molecule has 2 fully saturated rings. The minimum absolute atomic E-state index is 0.0786. The Balaban J connectivity index is 1.19. The predicted octanol–water partition coefficient (Wildman–Crippen LogP) is 0.974. The Morgan fingerprint density at radius 1 is 1.21 bits per heavy atom. The zero-order valence-corrected chi connectivity index (χ0v) is 16.5. The number of hydrogen-bond acceptors (Lipinski definition) is 7. The quantitative estimate of drug-likeness (QED) is 0.719. The van der Waals surface area contributed by atoms with E-state index in [9.17, 15) is 4.79 Å². The van der Waals surface area contributed by atoms with Crippen LogP contribution < -0.4 is 25.1 Å². The van der Waals surface area contributed by atoms with Gasteiger partial charge in [0, 0.05) is 26.2 Å². The van der Waals surface area contributed by atoms with Crippen LogP contribution in [0.1, 0.15) is 25.7 Å². The monoisotopic (exact) mass is 390 g/mol. The molecule has 1 aromatic carbocycles. The standard InChI is InChI=1S/C20H30N4O4/c1-23(9-10-24-7-3-2-4-8-24)20(25)17-11-15(21-22-17)13-26-16-5-6-18-19(12-16)28-14-27-18/h5-6,12,15,17,21-22H,2-4,7-11,13-14H2,1H3. The van der Waals surface area contributed by atoms with Crippen LogP contribution in [-0.4, -0.2) is 74.4 Å². The Morgan fingerprint density at radius 3 is 2.89 bits per heavy atom. The van der Waals surface area contributed by atoms with E-state index in [2.05, 4.69) is 15.8 Å². The van der Waals surface area contributed by atoms with Crippen LogP contribution in [0.5, 0.6) is 17.2 Å². The van der Waals surface area contributed by atoms with Crippen molar-refractivity contribution in [3.05, 3.63) is 18.2 Å². The van der Waals surface area contributed by atoms with Crippen molar-refractivity contribution in [1.82, 2.24) is 20.7 Å². The summed E-state index contributed by atoms with van der Waals surface area (Å²) in [5.74, 6) is 2.32. The summed E-state index contributed by atoms with van der Waals surface area (Å²) in [7, 11) is 1.89. The van der Waals surface area contributed by atoms with Crippen molar-refractivity contribution in [2.75, 3.05) is 46.6 Å². The Morgan fingerprint density at radius 2 is 2.04 bits per heavy atom. The number of likely N-dealkylation sites (tertiary alicyclic amines) is 1. The number of carbonyl (C=O) groups excluding carboxylic acids is 1. The number of piperidine rings is 1. The van der Waals surface area contributed by atoms with Crippen LogP contribution in [0.2, 0.25) is 0 Å². The van der Waals surface area contributed by atoms with E-state index in [0.29, 0.717) is 18.8 Å². The molecule has 0 bridgehead atoms. The molecule has 0 spiro atoms. The Hall–Kier alpha value is -2.03. The molecular formula is C20H30N4O4. The van der Waals surface area contributed by atoms with Gasteiger partial charge in [-0.25, -0.2) is 5.43 Å². The van der Waals surface area contributed by atoms with Crippen LogP contribution in [0, 0.1) is 0 Å². The van der Waals surface area contributed by atoms with Gasteiger partial charge in [0.25, 0.3) is 0 Å². The summed E-state index contributed by atoms with van der Waals surface area (Å²) in [6.07, 6.45) is 4.59.